The van der Waals surface area contributed by atoms with Crippen LogP contribution in [0, 0.1) is 22.5 Å². The highest BCUT2D eigenvalue weighted by atomic mass is 19.1. The van der Waals surface area contributed by atoms with Gasteiger partial charge in [-0.3, -0.25) is 9.79 Å². The van der Waals surface area contributed by atoms with Gasteiger partial charge in [-0.25, -0.2) is 8.78 Å². The Morgan fingerprint density at radius 3 is 2.44 bits per heavy atom. The van der Waals surface area contributed by atoms with E-state index in [-0.39, 0.29) is 33.9 Å². The van der Waals surface area contributed by atoms with Gasteiger partial charge in [0.15, 0.2) is 0 Å². The molecule has 1 aromatic heterocycles. The number of allylic oxidation sites excluding steroid dienone is 1. The Kier molecular flexibility index (Phi) is 6.42. The first kappa shape index (κ1) is 26.1. The second kappa shape index (κ2) is 8.86. The molecular formula is C29H36F2N4O. The normalized spacial score (nSPS) is 22.5. The van der Waals surface area contributed by atoms with Crippen LogP contribution >= 0.6 is 0 Å². The molecule has 2 bridgehead atoms. The number of hydrogen-bond acceptors (Lipinski definition) is 4. The van der Waals surface area contributed by atoms with Crippen molar-refractivity contribution in [1.82, 2.24) is 15.1 Å². The van der Waals surface area contributed by atoms with E-state index >= 15 is 0 Å². The van der Waals surface area contributed by atoms with Crippen molar-refractivity contribution in [3.8, 4) is 11.3 Å². The van der Waals surface area contributed by atoms with Crippen LogP contribution in [0.2, 0.25) is 0 Å². The molecule has 1 fully saturated rings. The van der Waals surface area contributed by atoms with Gasteiger partial charge in [0.25, 0.3) is 5.91 Å². The molecular weight excluding hydrogens is 458 g/mol. The topological polar surface area (TPSA) is 58.5 Å². The molecule has 2 aromatic rings. The van der Waals surface area contributed by atoms with E-state index in [1.165, 1.54) is 18.2 Å². The van der Waals surface area contributed by atoms with Gasteiger partial charge in [-0.05, 0) is 61.8 Å². The zero-order valence-electron chi connectivity index (χ0n) is 22.4. The number of benzene rings is 1. The molecule has 7 heteroatoms. The first-order chi connectivity index (χ1) is 16.7. The SMILES string of the molecule is C=C(N=C(C)C(=O)N(CC)C[C@@]12CC[C@@H](c3cc(-c4c(F)cccc4F)nnc31)C2(C)C)C(C)(C)C. The molecule has 1 saturated carbocycles. The first-order valence-corrected chi connectivity index (χ1v) is 12.6. The summed E-state index contributed by atoms with van der Waals surface area (Å²) >= 11 is 0. The fourth-order valence-electron chi connectivity index (χ4n) is 5.94. The second-order valence-corrected chi connectivity index (χ2v) is 11.7. The highest BCUT2D eigenvalue weighted by Crippen LogP contribution is 2.67. The molecule has 2 aliphatic carbocycles. The van der Waals surface area contributed by atoms with Crippen LogP contribution in [0.3, 0.4) is 0 Å². The molecule has 0 aliphatic heterocycles. The van der Waals surface area contributed by atoms with Crippen molar-refractivity contribution < 1.29 is 13.6 Å². The van der Waals surface area contributed by atoms with Gasteiger partial charge >= 0.3 is 0 Å². The molecule has 0 unspecified atom stereocenters. The maximum atomic E-state index is 14.5. The Balaban J connectivity index is 1.72. The summed E-state index contributed by atoms with van der Waals surface area (Å²) in [7, 11) is 0. The summed E-state index contributed by atoms with van der Waals surface area (Å²) in [5.74, 6) is -1.27. The van der Waals surface area contributed by atoms with Gasteiger partial charge in [0.1, 0.15) is 17.3 Å². The number of amides is 1. The number of hydrogen-bond donors (Lipinski definition) is 0. The summed E-state index contributed by atoms with van der Waals surface area (Å²) < 4.78 is 29.0. The lowest BCUT2D eigenvalue weighted by Gasteiger charge is -2.41. The molecule has 0 radical (unpaired) electrons. The van der Waals surface area contributed by atoms with Gasteiger partial charge in [0.05, 0.1) is 17.0 Å². The fourth-order valence-corrected chi connectivity index (χ4v) is 5.94. The van der Waals surface area contributed by atoms with E-state index in [0.717, 1.165) is 24.1 Å². The van der Waals surface area contributed by atoms with Crippen molar-refractivity contribution in [2.75, 3.05) is 13.1 Å². The molecule has 192 valence electrons. The first-order valence-electron chi connectivity index (χ1n) is 12.6. The molecule has 1 heterocycles. The van der Waals surface area contributed by atoms with Crippen LogP contribution in [0.4, 0.5) is 8.78 Å². The van der Waals surface area contributed by atoms with Gasteiger partial charge < -0.3 is 4.90 Å². The molecule has 1 aromatic carbocycles. The molecule has 1 amide bonds. The standard InChI is InChI=1S/C29H36F2N4O/c1-9-35(26(36)17(2)32-18(3)27(4,5)6)16-29-14-13-20(28(29,7)8)19-15-23(33-34-25(19)29)24-21(30)11-10-12-22(24)31/h10-12,15,20H,3,9,13-14,16H2,1-2,4-8H3/t20-,29-/m0/s1. The number of likely N-dealkylation sites (N-methyl/N-ethyl adjacent to an activating group) is 1. The predicted octanol–water partition coefficient (Wildman–Crippen LogP) is 6.45. The summed E-state index contributed by atoms with van der Waals surface area (Å²) in [5.41, 5.74) is 2.10. The zero-order valence-corrected chi connectivity index (χ0v) is 22.4. The lowest BCUT2D eigenvalue weighted by Crippen LogP contribution is -2.49. The summed E-state index contributed by atoms with van der Waals surface area (Å²) in [6, 6.07) is 5.60. The van der Waals surface area contributed by atoms with E-state index in [2.05, 4.69) is 35.6 Å². The van der Waals surface area contributed by atoms with E-state index < -0.39 is 17.0 Å². The monoisotopic (exact) mass is 494 g/mol. The zero-order chi connectivity index (χ0) is 26.6. The van der Waals surface area contributed by atoms with Gasteiger partial charge in [0, 0.05) is 29.6 Å². The van der Waals surface area contributed by atoms with Crippen LogP contribution in [0.15, 0.2) is 41.5 Å². The lowest BCUT2D eigenvalue weighted by atomic mass is 9.68. The van der Waals surface area contributed by atoms with E-state index in [1.807, 2.05) is 32.6 Å². The van der Waals surface area contributed by atoms with Gasteiger partial charge in [-0.2, -0.15) is 10.2 Å². The van der Waals surface area contributed by atoms with Crippen molar-refractivity contribution in [3.63, 3.8) is 0 Å². The molecule has 2 aliphatic rings. The minimum absolute atomic E-state index is 0.122. The highest BCUT2D eigenvalue weighted by Gasteiger charge is 2.64. The van der Waals surface area contributed by atoms with E-state index in [0.29, 0.717) is 24.5 Å². The maximum Gasteiger partial charge on any atom is 0.267 e. The number of halogens is 2. The number of aliphatic imine (C=N–C) groups is 1. The molecule has 5 nitrogen and oxygen atoms in total. The van der Waals surface area contributed by atoms with Crippen molar-refractivity contribution in [1.29, 1.82) is 0 Å². The van der Waals surface area contributed by atoms with Crippen molar-refractivity contribution in [2.45, 2.75) is 72.6 Å². The number of carbonyl (C=O) groups excluding carboxylic acids is 1. The van der Waals surface area contributed by atoms with Crippen LogP contribution in [0.1, 0.15) is 78.5 Å². The largest absolute Gasteiger partial charge is 0.337 e. The number of rotatable bonds is 6. The minimum atomic E-state index is -0.657. The highest BCUT2D eigenvalue weighted by molar-refractivity contribution is 6.38. The Morgan fingerprint density at radius 2 is 1.86 bits per heavy atom. The van der Waals surface area contributed by atoms with E-state index in [4.69, 9.17) is 0 Å². The molecule has 4 rings (SSSR count). The minimum Gasteiger partial charge on any atom is -0.337 e. The smallest absolute Gasteiger partial charge is 0.267 e. The Hall–Kier alpha value is -2.96. The summed E-state index contributed by atoms with van der Waals surface area (Å²) in [4.78, 5) is 19.8. The Bertz CT molecular complexity index is 1240. The maximum absolute atomic E-state index is 14.5. The fraction of sp³-hybridized carbons (Fsp3) is 0.517. The van der Waals surface area contributed by atoms with Gasteiger partial charge in [0.2, 0.25) is 0 Å². The average Bonchev–Trinajstić information content (AvgIpc) is 3.16. The van der Waals surface area contributed by atoms with Crippen molar-refractivity contribution in [2.24, 2.45) is 15.8 Å². The second-order valence-electron chi connectivity index (χ2n) is 11.7. The van der Waals surface area contributed by atoms with Crippen molar-refractivity contribution >= 4 is 11.6 Å². The van der Waals surface area contributed by atoms with Gasteiger partial charge in [-0.15, -0.1) is 0 Å². The number of aromatic nitrogens is 2. The molecule has 2 atom stereocenters. The molecule has 0 saturated heterocycles. The van der Waals surface area contributed by atoms with Crippen LogP contribution < -0.4 is 0 Å². The van der Waals surface area contributed by atoms with Gasteiger partial charge in [-0.1, -0.05) is 47.3 Å². The third kappa shape index (κ3) is 3.97. The van der Waals surface area contributed by atoms with Crippen molar-refractivity contribution in [3.05, 3.63) is 59.4 Å². The number of nitrogens with zero attached hydrogens (tertiary/aromatic N) is 4. The van der Waals surface area contributed by atoms with E-state index in [9.17, 15) is 13.6 Å². The third-order valence-electron chi connectivity index (χ3n) is 8.44. The van der Waals surface area contributed by atoms with Crippen LogP contribution in [-0.4, -0.2) is 39.8 Å². The van der Waals surface area contributed by atoms with Crippen LogP contribution in [0.25, 0.3) is 11.3 Å². The Labute approximate surface area is 212 Å². The molecule has 36 heavy (non-hydrogen) atoms. The van der Waals surface area contributed by atoms with Crippen LogP contribution in [-0.2, 0) is 10.2 Å². The number of carbonyl (C=O) groups is 1. The molecule has 0 spiro atoms. The summed E-state index contributed by atoms with van der Waals surface area (Å²) in [6.07, 6.45) is 1.79. The molecule has 0 N–H and O–H groups in total. The lowest BCUT2D eigenvalue weighted by molar-refractivity contribution is -0.125. The Morgan fingerprint density at radius 1 is 1.22 bits per heavy atom. The predicted molar refractivity (Wildman–Crippen MR) is 139 cm³/mol. The summed E-state index contributed by atoms with van der Waals surface area (Å²) in [5, 5.41) is 8.86. The summed E-state index contributed by atoms with van der Waals surface area (Å²) in [6.45, 7) is 19.2. The quantitative estimate of drug-likeness (QED) is 0.434. The number of fused-ring (bicyclic) bond motifs is 5. The van der Waals surface area contributed by atoms with Crippen LogP contribution in [0.5, 0.6) is 0 Å². The van der Waals surface area contributed by atoms with E-state index in [1.54, 1.807) is 13.0 Å². The average molecular weight is 495 g/mol. The third-order valence-corrected chi connectivity index (χ3v) is 8.44.